The summed E-state index contributed by atoms with van der Waals surface area (Å²) in [6.07, 6.45) is 0. The third-order valence-electron chi connectivity index (χ3n) is 5.22. The van der Waals surface area contributed by atoms with E-state index in [-0.39, 0.29) is 22.6 Å². The molecule has 0 aliphatic carbocycles. The predicted molar refractivity (Wildman–Crippen MR) is 163 cm³/mol. The zero-order chi connectivity index (χ0) is 29.6. The maximum absolute atomic E-state index is 12.8. The quantitative estimate of drug-likeness (QED) is 0.152. The number of benzene rings is 2. The van der Waals surface area contributed by atoms with Gasteiger partial charge in [-0.1, -0.05) is 0 Å². The number of carbonyl (C=O) groups excluding carboxylic acids is 1. The Morgan fingerprint density at radius 3 is 2.34 bits per heavy atom. The number of aryl methyl sites for hydroxylation is 2. The van der Waals surface area contributed by atoms with Gasteiger partial charge in [0, 0.05) is 11.4 Å². The average molecular weight is 804 g/mol. The van der Waals surface area contributed by atoms with Crippen molar-refractivity contribution >= 4 is 88.3 Å². The number of amidine groups is 1. The van der Waals surface area contributed by atoms with Gasteiger partial charge >= 0.3 is 217 Å². The number of rotatable bonds is 10. The van der Waals surface area contributed by atoms with E-state index in [1.807, 2.05) is 30.3 Å². The maximum atomic E-state index is 12.8. The van der Waals surface area contributed by atoms with Gasteiger partial charge in [-0.25, -0.2) is 9.97 Å². The van der Waals surface area contributed by atoms with Crippen molar-refractivity contribution in [2.24, 2.45) is 14.7 Å². The number of hydrogen-bond acceptors (Lipinski definition) is 12. The fourth-order valence-electron chi connectivity index (χ4n) is 3.51. The van der Waals surface area contributed by atoms with Crippen LogP contribution in [0.2, 0.25) is 0 Å². The van der Waals surface area contributed by atoms with Gasteiger partial charge in [-0.2, -0.15) is 0 Å². The summed E-state index contributed by atoms with van der Waals surface area (Å²) >= 11 is -0.854. The fraction of sp³-hybridized carbons (Fsp3) is 0.160. The average Bonchev–Trinajstić information content (AvgIpc) is 3.21. The molecule has 1 aromatic heterocycles. The standard InChI is InChI=1S/C23H22N8O2S3.C2H4O2.Pb/c1-14-13-15(2)26-23(25-14)29-36(32,33)19-11-9-17(10-12-19)27-30-35-22(34)20-16(3)28-31(21(20)24)18-7-5-4-6-8-18;1-2(3)4;/h4-13,24,34H,1-3H3,(H,25,26,29);1H3,(H,3,4);/q;;+2/p-2/b22-20-,24-21?,30-27?;;. The first kappa shape index (κ1) is 30.8. The summed E-state index contributed by atoms with van der Waals surface area (Å²) in [5, 5.41) is 19.0. The molecular weight excluding hydrogens is 780 g/mol. The van der Waals surface area contributed by atoms with E-state index in [0.717, 1.165) is 17.6 Å². The van der Waals surface area contributed by atoms with Gasteiger partial charge in [0.25, 0.3) is 0 Å². The van der Waals surface area contributed by atoms with E-state index in [1.165, 1.54) is 39.5 Å². The molecule has 0 fully saturated rings. The Kier molecular flexibility index (Phi) is 10.3. The molecule has 2 radical (unpaired) electrons. The number of nitrogens with one attached hydrogen (secondary N) is 2. The van der Waals surface area contributed by atoms with Gasteiger partial charge in [0.05, 0.1) is 0 Å². The van der Waals surface area contributed by atoms with E-state index < -0.39 is 33.2 Å². The van der Waals surface area contributed by atoms with Gasteiger partial charge in [0.1, 0.15) is 0 Å². The van der Waals surface area contributed by atoms with Crippen LogP contribution in [-0.4, -0.2) is 59.1 Å². The summed E-state index contributed by atoms with van der Waals surface area (Å²) in [5.74, 6) is -0.162. The van der Waals surface area contributed by atoms with E-state index >= 15 is 0 Å². The fourth-order valence-corrected chi connectivity index (χ4v) is 12.0. The molecule has 3 aromatic rings. The van der Waals surface area contributed by atoms with Crippen LogP contribution in [0.15, 0.2) is 90.1 Å². The summed E-state index contributed by atoms with van der Waals surface area (Å²) in [6, 6.07) is 17.0. The van der Waals surface area contributed by atoms with Gasteiger partial charge in [-0.15, -0.1) is 0 Å². The van der Waals surface area contributed by atoms with Crippen molar-refractivity contribution in [1.82, 2.24) is 9.97 Å². The molecule has 0 bridgehead atoms. The predicted octanol–water partition coefficient (Wildman–Crippen LogP) is 5.54. The number of nitrogens with zero attached hydrogens (tertiary/aromatic N) is 6. The van der Waals surface area contributed by atoms with Crippen molar-refractivity contribution in [2.75, 3.05) is 9.73 Å². The van der Waals surface area contributed by atoms with Crippen LogP contribution < -0.4 is 9.73 Å². The third-order valence-corrected chi connectivity index (χ3v) is 15.3. The Labute approximate surface area is 256 Å². The van der Waals surface area contributed by atoms with Crippen LogP contribution in [0, 0.1) is 19.3 Å². The molecule has 1 aliphatic rings. The first-order valence-electron chi connectivity index (χ1n) is 11.9. The van der Waals surface area contributed by atoms with E-state index in [4.69, 9.17) is 8.10 Å². The van der Waals surface area contributed by atoms with Crippen molar-refractivity contribution in [3.63, 3.8) is 0 Å². The van der Waals surface area contributed by atoms with Crippen LogP contribution in [0.4, 0.5) is 17.3 Å². The molecule has 1 aliphatic heterocycles. The number of carbonyl (C=O) groups is 1. The molecular formula is C25H24N8O4PbS3. The molecule has 0 spiro atoms. The Balaban J connectivity index is 1.51. The first-order valence-corrected chi connectivity index (χ1v) is 21.3. The minimum atomic E-state index is -3.91. The zero-order valence-electron chi connectivity index (χ0n) is 22.3. The second-order valence-corrected chi connectivity index (χ2v) is 17.1. The van der Waals surface area contributed by atoms with E-state index in [0.29, 0.717) is 32.6 Å². The molecule has 2 N–H and O–H groups in total. The minimum absolute atomic E-state index is 0.00148. The van der Waals surface area contributed by atoms with Gasteiger partial charge in [0.15, 0.2) is 0 Å². The number of para-hydroxylation sites is 1. The summed E-state index contributed by atoms with van der Waals surface area (Å²) in [7, 11) is -2.52. The molecule has 4 rings (SSSR count). The zero-order valence-corrected chi connectivity index (χ0v) is 28.7. The van der Waals surface area contributed by atoms with Crippen LogP contribution in [0.1, 0.15) is 25.2 Å². The molecule has 2 heterocycles. The Hall–Kier alpha value is -3.16. The summed E-state index contributed by atoms with van der Waals surface area (Å²) in [5.41, 5.74) is 3.69. The number of anilines is 2. The number of aromatic nitrogens is 2. The molecule has 210 valence electrons. The van der Waals surface area contributed by atoms with Crippen molar-refractivity contribution < 1.29 is 15.9 Å². The van der Waals surface area contributed by atoms with Crippen LogP contribution in [0.25, 0.3) is 0 Å². The SMILES string of the molecule is CC(=O)[O][Pb][S]/C(SN=Nc1ccc(S(=O)(=O)Nc2nc(C)cc(C)n2)cc1)=C1/C(=N)N(c2ccccc2)N=C1C. The van der Waals surface area contributed by atoms with Crippen LogP contribution in [0.3, 0.4) is 0 Å². The van der Waals surface area contributed by atoms with Crippen molar-refractivity contribution in [3.8, 4) is 0 Å². The van der Waals surface area contributed by atoms with Crippen molar-refractivity contribution in [3.05, 3.63) is 81.9 Å². The Bertz CT molecular complexity index is 1640. The summed E-state index contributed by atoms with van der Waals surface area (Å²) in [6.45, 7) is 6.68. The van der Waals surface area contributed by atoms with Gasteiger partial charge < -0.3 is 0 Å². The number of hydrogen-bond donors (Lipinski definition) is 2. The molecule has 41 heavy (non-hydrogen) atoms. The molecule has 0 saturated carbocycles. The summed E-state index contributed by atoms with van der Waals surface area (Å²) < 4.78 is 38.2. The second-order valence-electron chi connectivity index (χ2n) is 8.47. The van der Waals surface area contributed by atoms with Gasteiger partial charge in [0.2, 0.25) is 0 Å². The Morgan fingerprint density at radius 1 is 1.05 bits per heavy atom. The molecule has 0 saturated heterocycles. The van der Waals surface area contributed by atoms with Crippen LogP contribution >= 0.6 is 20.3 Å². The monoisotopic (exact) mass is 804 g/mol. The first-order chi connectivity index (χ1) is 19.5. The van der Waals surface area contributed by atoms with Crippen molar-refractivity contribution in [1.29, 1.82) is 5.41 Å². The number of hydrazone groups is 1. The van der Waals surface area contributed by atoms with E-state index in [1.54, 1.807) is 31.8 Å². The molecule has 16 heteroatoms. The molecule has 0 unspecified atom stereocenters. The van der Waals surface area contributed by atoms with Crippen LogP contribution in [0.5, 0.6) is 0 Å². The molecule has 12 nitrogen and oxygen atoms in total. The second kappa shape index (κ2) is 13.7. The van der Waals surface area contributed by atoms with E-state index in [2.05, 4.69) is 29.4 Å². The third kappa shape index (κ3) is 8.20. The van der Waals surface area contributed by atoms with E-state index in [9.17, 15) is 13.2 Å². The molecule has 0 atom stereocenters. The van der Waals surface area contributed by atoms with Gasteiger partial charge in [-0.05, 0) is 19.9 Å². The molecule has 2 aromatic carbocycles. The molecule has 0 amide bonds. The van der Waals surface area contributed by atoms with Gasteiger partial charge in [-0.3, -0.25) is 0 Å². The topological polar surface area (TPSA) is 162 Å². The Morgan fingerprint density at radius 2 is 1.71 bits per heavy atom. The number of sulfonamides is 1. The van der Waals surface area contributed by atoms with Crippen LogP contribution in [-0.2, 0) is 17.5 Å². The summed E-state index contributed by atoms with van der Waals surface area (Å²) in [4.78, 5) is 19.6. The van der Waals surface area contributed by atoms with Crippen molar-refractivity contribution in [2.45, 2.75) is 32.6 Å². The normalized spacial score (nSPS) is 14.8.